The molecule has 0 aromatic rings. The third-order valence-electron chi connectivity index (χ3n) is 7.64. The van der Waals surface area contributed by atoms with Gasteiger partial charge < -0.3 is 9.47 Å². The molecule has 210 valence electrons. The van der Waals surface area contributed by atoms with E-state index < -0.39 is 0 Å². The van der Waals surface area contributed by atoms with Gasteiger partial charge in [-0.15, -0.1) is 0 Å². The van der Waals surface area contributed by atoms with E-state index in [0.717, 1.165) is 64.2 Å². The first-order valence-electron chi connectivity index (χ1n) is 13.8. The van der Waals surface area contributed by atoms with Crippen LogP contribution in [0.5, 0.6) is 0 Å². The van der Waals surface area contributed by atoms with Crippen LogP contribution in [0.3, 0.4) is 0 Å². The van der Waals surface area contributed by atoms with Crippen molar-refractivity contribution in [2.45, 2.75) is 167 Å². The zero-order valence-corrected chi connectivity index (χ0v) is 25.4. The van der Waals surface area contributed by atoms with Crippen molar-refractivity contribution in [3.05, 3.63) is 0 Å². The molecule has 6 nitrogen and oxygen atoms in total. The molecule has 0 spiro atoms. The fourth-order valence-electron chi connectivity index (χ4n) is 6.23. The Morgan fingerprint density at radius 3 is 1.11 bits per heavy atom. The van der Waals surface area contributed by atoms with E-state index in [1.54, 1.807) is 0 Å². The van der Waals surface area contributed by atoms with Crippen molar-refractivity contribution in [1.29, 1.82) is 0 Å². The summed E-state index contributed by atoms with van der Waals surface area (Å²) >= 11 is 13.0. The average molecular weight is 550 g/mol. The molecule has 0 atom stereocenters. The smallest absolute Gasteiger partial charge is 0.306 e. The molecule has 0 unspecified atom stereocenters. The van der Waals surface area contributed by atoms with Crippen LogP contribution in [0, 0.1) is 0 Å². The van der Waals surface area contributed by atoms with Crippen molar-refractivity contribution < 1.29 is 19.1 Å². The molecule has 0 amide bonds. The van der Waals surface area contributed by atoms with Gasteiger partial charge in [-0.25, -0.2) is 8.84 Å². The van der Waals surface area contributed by atoms with Gasteiger partial charge in [0.05, 0.1) is 0 Å². The lowest BCUT2D eigenvalue weighted by Crippen LogP contribution is -2.57. The molecule has 36 heavy (non-hydrogen) atoms. The Bertz CT molecular complexity index is 656. The Morgan fingerprint density at radius 2 is 0.833 bits per heavy atom. The number of unbranched alkanes of at least 4 members (excludes halogenated alkanes) is 5. The maximum absolute atomic E-state index is 12.4. The van der Waals surface area contributed by atoms with Crippen molar-refractivity contribution in [2.75, 3.05) is 0 Å². The van der Waals surface area contributed by atoms with Gasteiger partial charge in [0.1, 0.15) is 12.2 Å². The van der Waals surface area contributed by atoms with Crippen LogP contribution in [0.15, 0.2) is 0 Å². The minimum Gasteiger partial charge on any atom is -0.462 e. The first kappa shape index (κ1) is 31.7. The molecule has 0 aliphatic carbocycles. The first-order valence-corrected chi connectivity index (χ1v) is 14.5. The van der Waals surface area contributed by atoms with Gasteiger partial charge in [-0.05, 0) is 91.8 Å². The summed E-state index contributed by atoms with van der Waals surface area (Å²) in [6, 6.07) is 0. The number of nitrogens with zero attached hydrogens (tertiary/aromatic N) is 2. The summed E-state index contributed by atoms with van der Waals surface area (Å²) in [7, 11) is 0. The Balaban J connectivity index is 1.54. The van der Waals surface area contributed by atoms with Crippen molar-refractivity contribution in [1.82, 2.24) is 8.84 Å². The molecular weight excluding hydrogens is 499 g/mol. The molecule has 2 rings (SSSR count). The molecule has 0 saturated carbocycles. The van der Waals surface area contributed by atoms with E-state index in [0.29, 0.717) is 12.8 Å². The molecular formula is C28H50Cl2N2O4. The fourth-order valence-corrected chi connectivity index (χ4v) is 6.51. The highest BCUT2D eigenvalue weighted by Gasteiger charge is 2.47. The lowest BCUT2D eigenvalue weighted by molar-refractivity contribution is -0.157. The fraction of sp³-hybridized carbons (Fsp3) is 0.929. The van der Waals surface area contributed by atoms with Crippen molar-refractivity contribution in [3.63, 3.8) is 0 Å². The second kappa shape index (κ2) is 12.5. The molecule has 0 bridgehead atoms. The second-order valence-corrected chi connectivity index (χ2v) is 14.1. The predicted octanol–water partition coefficient (Wildman–Crippen LogP) is 7.54. The number of carbonyl (C=O) groups is 2. The van der Waals surface area contributed by atoms with Gasteiger partial charge in [0.2, 0.25) is 0 Å². The van der Waals surface area contributed by atoms with Crippen molar-refractivity contribution in [2.24, 2.45) is 0 Å². The molecule has 0 aromatic heterocycles. The molecule has 8 heteroatoms. The highest BCUT2D eigenvalue weighted by atomic mass is 35.5. The van der Waals surface area contributed by atoms with E-state index in [1.165, 1.54) is 0 Å². The van der Waals surface area contributed by atoms with Crippen LogP contribution in [0.2, 0.25) is 0 Å². The minimum absolute atomic E-state index is 0.0862. The third-order valence-corrected chi connectivity index (χ3v) is 9.47. The number of hydrogen-bond donors (Lipinski definition) is 0. The van der Waals surface area contributed by atoms with Gasteiger partial charge in [-0.3, -0.25) is 9.59 Å². The third kappa shape index (κ3) is 9.03. The molecule has 2 aliphatic rings. The van der Waals surface area contributed by atoms with Crippen LogP contribution in [0.4, 0.5) is 0 Å². The van der Waals surface area contributed by atoms with Crippen LogP contribution in [0.25, 0.3) is 0 Å². The quantitative estimate of drug-likeness (QED) is 0.151. The van der Waals surface area contributed by atoms with Crippen molar-refractivity contribution >= 4 is 35.5 Å². The maximum Gasteiger partial charge on any atom is 0.306 e. The van der Waals surface area contributed by atoms with Gasteiger partial charge in [0.15, 0.2) is 0 Å². The SMILES string of the molecule is CC1(C)CC(OC(=O)CCCCCCCCC(=O)OC2CC(C)(C)N(Cl)C(C)(C)C2)CC(C)(C)N1Cl. The van der Waals surface area contributed by atoms with E-state index in [1.807, 2.05) is 8.84 Å². The lowest BCUT2D eigenvalue weighted by atomic mass is 9.81. The monoisotopic (exact) mass is 548 g/mol. The van der Waals surface area contributed by atoms with Gasteiger partial charge in [0, 0.05) is 60.7 Å². The van der Waals surface area contributed by atoms with Crippen LogP contribution in [-0.4, -0.2) is 55.1 Å². The molecule has 0 N–H and O–H groups in total. The average Bonchev–Trinajstić information content (AvgIpc) is 2.71. The largest absolute Gasteiger partial charge is 0.462 e. The zero-order chi connectivity index (χ0) is 27.4. The number of rotatable bonds is 11. The Morgan fingerprint density at radius 1 is 0.583 bits per heavy atom. The number of piperidine rings is 2. The predicted molar refractivity (Wildman–Crippen MR) is 147 cm³/mol. The standard InChI is InChI=1S/C28H50Cl2N2O4/c1-25(2)17-21(18-26(3,4)31(25)29)35-23(33)15-13-11-9-10-12-14-16-24(34)36-22-19-27(5,6)32(30)28(7,8)20-22/h21-22H,9-20H2,1-8H3. The van der Waals surface area contributed by atoms with Crippen LogP contribution < -0.4 is 0 Å². The number of halogens is 2. The Labute approximate surface area is 229 Å². The van der Waals surface area contributed by atoms with E-state index in [9.17, 15) is 9.59 Å². The van der Waals surface area contributed by atoms with E-state index >= 15 is 0 Å². The number of esters is 2. The van der Waals surface area contributed by atoms with Crippen LogP contribution in [-0.2, 0) is 19.1 Å². The Hall–Kier alpha value is -0.560. The first-order chi connectivity index (χ1) is 16.5. The van der Waals surface area contributed by atoms with E-state index in [4.69, 9.17) is 33.0 Å². The van der Waals surface area contributed by atoms with E-state index in [-0.39, 0.29) is 46.3 Å². The minimum atomic E-state index is -0.213. The second-order valence-electron chi connectivity index (χ2n) is 13.5. The highest BCUT2D eigenvalue weighted by Crippen LogP contribution is 2.42. The number of carbonyl (C=O) groups excluding carboxylic acids is 2. The number of ether oxygens (including phenoxy) is 2. The Kier molecular flexibility index (Phi) is 11.0. The molecule has 2 fully saturated rings. The van der Waals surface area contributed by atoms with Gasteiger partial charge in [-0.2, -0.15) is 0 Å². The summed E-state index contributed by atoms with van der Waals surface area (Å²) in [5, 5.41) is 0. The maximum atomic E-state index is 12.4. The van der Waals surface area contributed by atoms with Gasteiger partial charge in [0.25, 0.3) is 0 Å². The van der Waals surface area contributed by atoms with Gasteiger partial charge in [-0.1, -0.05) is 25.7 Å². The summed E-state index contributed by atoms with van der Waals surface area (Å²) in [6.07, 6.45) is 9.52. The molecule has 2 heterocycles. The lowest BCUT2D eigenvalue weighted by Gasteiger charge is -2.50. The summed E-state index contributed by atoms with van der Waals surface area (Å²) in [6.45, 7) is 16.7. The topological polar surface area (TPSA) is 59.1 Å². The molecule has 2 saturated heterocycles. The molecule has 0 aromatic carbocycles. The normalized spacial score (nSPS) is 24.4. The summed E-state index contributed by atoms with van der Waals surface area (Å²) < 4.78 is 15.3. The zero-order valence-electron chi connectivity index (χ0n) is 23.9. The molecule has 0 radical (unpaired) electrons. The number of hydrogen-bond acceptors (Lipinski definition) is 6. The summed E-state index contributed by atoms with van der Waals surface area (Å²) in [5.41, 5.74) is -0.851. The summed E-state index contributed by atoms with van der Waals surface area (Å²) in [5.74, 6) is -0.215. The molecule has 2 aliphatic heterocycles. The summed E-state index contributed by atoms with van der Waals surface area (Å²) in [4.78, 5) is 24.7. The highest BCUT2D eigenvalue weighted by molar-refractivity contribution is 6.14. The van der Waals surface area contributed by atoms with Crippen LogP contribution in [0.1, 0.15) is 132 Å². The van der Waals surface area contributed by atoms with Crippen LogP contribution >= 0.6 is 23.6 Å². The van der Waals surface area contributed by atoms with Gasteiger partial charge >= 0.3 is 11.9 Å². The van der Waals surface area contributed by atoms with Crippen molar-refractivity contribution in [3.8, 4) is 0 Å². The van der Waals surface area contributed by atoms with E-state index in [2.05, 4.69) is 55.4 Å².